The molecule has 1 fully saturated rings. The first-order valence-electron chi connectivity index (χ1n) is 8.04. The normalized spacial score (nSPS) is 18.8. The van der Waals surface area contributed by atoms with Crippen molar-refractivity contribution >= 4 is 5.91 Å². The molecule has 1 saturated heterocycles. The van der Waals surface area contributed by atoms with Crippen molar-refractivity contribution in [1.82, 2.24) is 15.5 Å². The SMILES string of the molecule is CCCNC(=O)CNC1CCN(CCc2ccccc2)C1. The predicted octanol–water partition coefficient (Wildman–Crippen LogP) is 1.42. The summed E-state index contributed by atoms with van der Waals surface area (Å²) in [5, 5.41) is 6.26. The second kappa shape index (κ2) is 8.80. The van der Waals surface area contributed by atoms with Crippen LogP contribution < -0.4 is 10.6 Å². The Morgan fingerprint density at radius 2 is 2.14 bits per heavy atom. The first-order valence-corrected chi connectivity index (χ1v) is 8.04. The van der Waals surface area contributed by atoms with E-state index >= 15 is 0 Å². The number of carbonyl (C=O) groups is 1. The zero-order valence-electron chi connectivity index (χ0n) is 13.0. The molecular formula is C17H27N3O. The van der Waals surface area contributed by atoms with Crippen LogP contribution in [0, 0.1) is 0 Å². The van der Waals surface area contributed by atoms with Crippen molar-refractivity contribution in [2.24, 2.45) is 0 Å². The highest BCUT2D eigenvalue weighted by Crippen LogP contribution is 2.10. The molecule has 116 valence electrons. The molecule has 21 heavy (non-hydrogen) atoms. The van der Waals surface area contributed by atoms with Crippen LogP contribution in [-0.2, 0) is 11.2 Å². The van der Waals surface area contributed by atoms with Crippen LogP contribution in [0.4, 0.5) is 0 Å². The Kier molecular flexibility index (Phi) is 6.70. The first-order chi connectivity index (χ1) is 10.3. The van der Waals surface area contributed by atoms with Crippen LogP contribution in [0.3, 0.4) is 0 Å². The Morgan fingerprint density at radius 3 is 2.90 bits per heavy atom. The van der Waals surface area contributed by atoms with Gasteiger partial charge >= 0.3 is 0 Å². The zero-order valence-corrected chi connectivity index (χ0v) is 13.0. The van der Waals surface area contributed by atoms with E-state index < -0.39 is 0 Å². The number of nitrogens with zero attached hydrogens (tertiary/aromatic N) is 1. The molecule has 4 nitrogen and oxygen atoms in total. The van der Waals surface area contributed by atoms with Crippen molar-refractivity contribution in [3.8, 4) is 0 Å². The third-order valence-electron chi connectivity index (χ3n) is 3.96. The molecule has 0 saturated carbocycles. The molecule has 2 N–H and O–H groups in total. The number of rotatable bonds is 8. The third-order valence-corrected chi connectivity index (χ3v) is 3.96. The number of nitrogens with one attached hydrogen (secondary N) is 2. The molecule has 1 aromatic rings. The molecule has 0 radical (unpaired) electrons. The average Bonchev–Trinajstić information content (AvgIpc) is 2.98. The van der Waals surface area contributed by atoms with Crippen LogP contribution in [0.5, 0.6) is 0 Å². The number of hydrogen-bond acceptors (Lipinski definition) is 3. The standard InChI is InChI=1S/C17H27N3O/c1-2-10-18-17(21)13-19-16-9-12-20(14-16)11-8-15-6-4-3-5-7-15/h3-7,16,19H,2,8-14H2,1H3,(H,18,21). The fourth-order valence-electron chi connectivity index (χ4n) is 2.70. The quantitative estimate of drug-likeness (QED) is 0.761. The molecule has 1 atom stereocenters. The molecular weight excluding hydrogens is 262 g/mol. The van der Waals surface area contributed by atoms with Crippen LogP contribution in [0.15, 0.2) is 30.3 Å². The molecule has 0 aliphatic carbocycles. The minimum atomic E-state index is 0.111. The Labute approximate surface area is 127 Å². The van der Waals surface area contributed by atoms with Crippen LogP contribution in [-0.4, -0.2) is 49.6 Å². The highest BCUT2D eigenvalue weighted by atomic mass is 16.1. The fraction of sp³-hybridized carbons (Fsp3) is 0.588. The first kappa shape index (κ1) is 16.0. The lowest BCUT2D eigenvalue weighted by Gasteiger charge is -2.16. The van der Waals surface area contributed by atoms with Crippen molar-refractivity contribution in [2.45, 2.75) is 32.2 Å². The van der Waals surface area contributed by atoms with Gasteiger partial charge in [-0.2, -0.15) is 0 Å². The van der Waals surface area contributed by atoms with E-state index in [4.69, 9.17) is 0 Å². The van der Waals surface area contributed by atoms with E-state index in [1.807, 2.05) is 0 Å². The minimum Gasteiger partial charge on any atom is -0.355 e. The Hall–Kier alpha value is -1.39. The summed E-state index contributed by atoms with van der Waals surface area (Å²) < 4.78 is 0. The fourth-order valence-corrected chi connectivity index (χ4v) is 2.70. The van der Waals surface area contributed by atoms with Gasteiger partial charge in [-0.25, -0.2) is 0 Å². The van der Waals surface area contributed by atoms with Crippen molar-refractivity contribution in [3.63, 3.8) is 0 Å². The smallest absolute Gasteiger partial charge is 0.233 e. The van der Waals surface area contributed by atoms with Crippen molar-refractivity contribution < 1.29 is 4.79 Å². The van der Waals surface area contributed by atoms with Gasteiger partial charge in [0.1, 0.15) is 0 Å². The van der Waals surface area contributed by atoms with Gasteiger partial charge in [-0.05, 0) is 31.4 Å². The second-order valence-electron chi connectivity index (χ2n) is 5.75. The summed E-state index contributed by atoms with van der Waals surface area (Å²) in [4.78, 5) is 14.0. The van der Waals surface area contributed by atoms with Crippen molar-refractivity contribution in [1.29, 1.82) is 0 Å². The molecule has 2 rings (SSSR count). The maximum Gasteiger partial charge on any atom is 0.233 e. The van der Waals surface area contributed by atoms with Gasteiger partial charge in [0.2, 0.25) is 5.91 Å². The maximum absolute atomic E-state index is 11.6. The monoisotopic (exact) mass is 289 g/mol. The maximum atomic E-state index is 11.6. The van der Waals surface area contributed by atoms with Crippen LogP contribution in [0.2, 0.25) is 0 Å². The topological polar surface area (TPSA) is 44.4 Å². The summed E-state index contributed by atoms with van der Waals surface area (Å²) in [7, 11) is 0. The van der Waals surface area contributed by atoms with Gasteiger partial charge in [0, 0.05) is 25.7 Å². The van der Waals surface area contributed by atoms with Crippen LogP contribution in [0.1, 0.15) is 25.3 Å². The van der Waals surface area contributed by atoms with E-state index in [9.17, 15) is 4.79 Å². The van der Waals surface area contributed by atoms with Gasteiger partial charge in [0.25, 0.3) is 0 Å². The second-order valence-corrected chi connectivity index (χ2v) is 5.75. The molecule has 0 bridgehead atoms. The number of amides is 1. The Balaban J connectivity index is 1.61. The van der Waals surface area contributed by atoms with E-state index in [1.165, 1.54) is 5.56 Å². The molecule has 0 spiro atoms. The number of carbonyl (C=O) groups excluding carboxylic acids is 1. The molecule has 1 heterocycles. The Bertz CT molecular complexity index is 421. The third kappa shape index (κ3) is 5.86. The summed E-state index contributed by atoms with van der Waals surface area (Å²) in [6.07, 6.45) is 3.23. The van der Waals surface area contributed by atoms with Gasteiger partial charge in [0.05, 0.1) is 6.54 Å². The molecule has 1 aliphatic heterocycles. The summed E-state index contributed by atoms with van der Waals surface area (Å²) >= 11 is 0. The van der Waals surface area contributed by atoms with Gasteiger partial charge in [-0.15, -0.1) is 0 Å². The van der Waals surface area contributed by atoms with Gasteiger partial charge in [-0.3, -0.25) is 4.79 Å². The Morgan fingerprint density at radius 1 is 1.33 bits per heavy atom. The minimum absolute atomic E-state index is 0.111. The summed E-state index contributed by atoms with van der Waals surface area (Å²) in [5.74, 6) is 0.111. The summed E-state index contributed by atoms with van der Waals surface area (Å²) in [6, 6.07) is 11.1. The van der Waals surface area contributed by atoms with E-state index in [1.54, 1.807) is 0 Å². The number of benzene rings is 1. The van der Waals surface area contributed by atoms with E-state index in [2.05, 4.69) is 52.8 Å². The molecule has 4 heteroatoms. The summed E-state index contributed by atoms with van der Waals surface area (Å²) in [6.45, 7) is 6.56. The van der Waals surface area contributed by atoms with E-state index in [-0.39, 0.29) is 5.91 Å². The lowest BCUT2D eigenvalue weighted by Crippen LogP contribution is -2.40. The highest BCUT2D eigenvalue weighted by molar-refractivity contribution is 5.77. The van der Waals surface area contributed by atoms with Crippen molar-refractivity contribution in [3.05, 3.63) is 35.9 Å². The molecule has 1 unspecified atom stereocenters. The summed E-state index contributed by atoms with van der Waals surface area (Å²) in [5.41, 5.74) is 1.40. The average molecular weight is 289 g/mol. The highest BCUT2D eigenvalue weighted by Gasteiger charge is 2.21. The van der Waals surface area contributed by atoms with Crippen molar-refractivity contribution in [2.75, 3.05) is 32.7 Å². The largest absolute Gasteiger partial charge is 0.355 e. The van der Waals surface area contributed by atoms with Gasteiger partial charge in [0.15, 0.2) is 0 Å². The van der Waals surface area contributed by atoms with E-state index in [0.29, 0.717) is 12.6 Å². The molecule has 1 aromatic carbocycles. The van der Waals surface area contributed by atoms with Gasteiger partial charge in [-0.1, -0.05) is 37.3 Å². The number of likely N-dealkylation sites (tertiary alicyclic amines) is 1. The van der Waals surface area contributed by atoms with E-state index in [0.717, 1.165) is 45.4 Å². The molecule has 1 amide bonds. The lowest BCUT2D eigenvalue weighted by molar-refractivity contribution is -0.120. The van der Waals surface area contributed by atoms with Gasteiger partial charge < -0.3 is 15.5 Å². The van der Waals surface area contributed by atoms with Crippen LogP contribution in [0.25, 0.3) is 0 Å². The number of hydrogen-bond donors (Lipinski definition) is 2. The molecule has 0 aromatic heterocycles. The zero-order chi connectivity index (χ0) is 14.9. The lowest BCUT2D eigenvalue weighted by atomic mass is 10.1. The predicted molar refractivity (Wildman–Crippen MR) is 86.3 cm³/mol. The van der Waals surface area contributed by atoms with Crippen LogP contribution >= 0.6 is 0 Å². The molecule has 1 aliphatic rings.